The number of amides is 1. The standard InChI is InChI=1S/C16H20N4O/c21-15(13-2-3-14-18-9-10-19(14)12-13)20-11-8-17-7-6-16(20)4-1-5-16/h2-3,9-10,12,17H,1,4-8,11H2. The van der Waals surface area contributed by atoms with Crippen LogP contribution in [0.4, 0.5) is 0 Å². The van der Waals surface area contributed by atoms with Crippen LogP contribution in [0.5, 0.6) is 0 Å². The van der Waals surface area contributed by atoms with E-state index < -0.39 is 0 Å². The average Bonchev–Trinajstić information content (AvgIpc) is 2.80. The minimum atomic E-state index is 0.102. The second kappa shape index (κ2) is 4.84. The number of imidazole rings is 1. The number of aromatic nitrogens is 2. The molecular weight excluding hydrogens is 264 g/mol. The molecular formula is C16H20N4O. The van der Waals surface area contributed by atoms with Crippen LogP contribution in [0.15, 0.2) is 30.7 Å². The summed E-state index contributed by atoms with van der Waals surface area (Å²) in [5.74, 6) is 0.161. The van der Waals surface area contributed by atoms with E-state index in [4.69, 9.17) is 0 Å². The number of rotatable bonds is 1. The van der Waals surface area contributed by atoms with Gasteiger partial charge >= 0.3 is 0 Å². The molecule has 0 aromatic carbocycles. The SMILES string of the molecule is O=C(c1ccc2nccn2c1)N1CCNCCC12CCC2. The molecule has 2 aliphatic rings. The fourth-order valence-electron chi connectivity index (χ4n) is 3.63. The highest BCUT2D eigenvalue weighted by atomic mass is 16.2. The van der Waals surface area contributed by atoms with Gasteiger partial charge in [0.05, 0.1) is 5.56 Å². The van der Waals surface area contributed by atoms with Crippen molar-refractivity contribution in [3.63, 3.8) is 0 Å². The number of carbonyl (C=O) groups excluding carboxylic acids is 1. The molecule has 0 atom stereocenters. The van der Waals surface area contributed by atoms with Gasteiger partial charge < -0.3 is 14.6 Å². The third-order valence-corrected chi connectivity index (χ3v) is 5.02. The Balaban J connectivity index is 1.68. The van der Waals surface area contributed by atoms with Gasteiger partial charge in [0.2, 0.25) is 0 Å². The first kappa shape index (κ1) is 12.8. The first-order chi connectivity index (χ1) is 10.3. The van der Waals surface area contributed by atoms with E-state index in [1.54, 1.807) is 6.20 Å². The lowest BCUT2D eigenvalue weighted by molar-refractivity contribution is 0.0182. The zero-order chi connectivity index (χ0) is 14.3. The van der Waals surface area contributed by atoms with Gasteiger partial charge in [0.15, 0.2) is 0 Å². The van der Waals surface area contributed by atoms with Crippen molar-refractivity contribution in [1.29, 1.82) is 0 Å². The summed E-state index contributed by atoms with van der Waals surface area (Å²) < 4.78 is 1.91. The Morgan fingerprint density at radius 3 is 2.95 bits per heavy atom. The van der Waals surface area contributed by atoms with E-state index in [-0.39, 0.29) is 11.4 Å². The van der Waals surface area contributed by atoms with Crippen LogP contribution >= 0.6 is 0 Å². The Bertz CT molecular complexity index is 674. The predicted molar refractivity (Wildman–Crippen MR) is 80.3 cm³/mol. The van der Waals surface area contributed by atoms with Crippen molar-refractivity contribution in [3.8, 4) is 0 Å². The fourth-order valence-corrected chi connectivity index (χ4v) is 3.63. The van der Waals surface area contributed by atoms with Crippen LogP contribution in [0.2, 0.25) is 0 Å². The average molecular weight is 284 g/mol. The number of hydrogen-bond donors (Lipinski definition) is 1. The van der Waals surface area contributed by atoms with Gasteiger partial charge in [0.25, 0.3) is 5.91 Å². The molecule has 0 unspecified atom stereocenters. The molecule has 5 heteroatoms. The molecule has 0 bridgehead atoms. The monoisotopic (exact) mass is 284 g/mol. The molecule has 1 saturated heterocycles. The van der Waals surface area contributed by atoms with Crippen molar-refractivity contribution < 1.29 is 4.79 Å². The van der Waals surface area contributed by atoms with Crippen LogP contribution in [0.25, 0.3) is 5.65 Å². The van der Waals surface area contributed by atoms with E-state index in [2.05, 4.69) is 15.2 Å². The molecule has 1 saturated carbocycles. The van der Waals surface area contributed by atoms with Crippen molar-refractivity contribution in [1.82, 2.24) is 19.6 Å². The minimum absolute atomic E-state index is 0.102. The smallest absolute Gasteiger partial charge is 0.255 e. The highest BCUT2D eigenvalue weighted by molar-refractivity contribution is 5.95. The van der Waals surface area contributed by atoms with Crippen molar-refractivity contribution >= 4 is 11.6 Å². The minimum Gasteiger partial charge on any atom is -0.332 e. The Labute approximate surface area is 124 Å². The van der Waals surface area contributed by atoms with Gasteiger partial charge in [0, 0.05) is 37.2 Å². The third-order valence-electron chi connectivity index (χ3n) is 5.02. The highest BCUT2D eigenvalue weighted by Gasteiger charge is 2.45. The molecule has 1 aliphatic heterocycles. The largest absolute Gasteiger partial charge is 0.332 e. The summed E-state index contributed by atoms with van der Waals surface area (Å²) in [6.45, 7) is 2.71. The predicted octanol–water partition coefficient (Wildman–Crippen LogP) is 1.69. The summed E-state index contributed by atoms with van der Waals surface area (Å²) in [6.07, 6.45) is 10.1. The van der Waals surface area contributed by atoms with Gasteiger partial charge in [0.1, 0.15) is 5.65 Å². The lowest BCUT2D eigenvalue weighted by atomic mass is 9.73. The van der Waals surface area contributed by atoms with E-state index in [0.717, 1.165) is 50.1 Å². The molecule has 1 aliphatic carbocycles. The third kappa shape index (κ3) is 2.03. The summed E-state index contributed by atoms with van der Waals surface area (Å²) in [6, 6.07) is 3.81. The summed E-state index contributed by atoms with van der Waals surface area (Å²) in [7, 11) is 0. The normalized spacial score (nSPS) is 21.2. The van der Waals surface area contributed by atoms with Gasteiger partial charge in [-0.2, -0.15) is 0 Å². The molecule has 21 heavy (non-hydrogen) atoms. The molecule has 1 amide bonds. The van der Waals surface area contributed by atoms with E-state index >= 15 is 0 Å². The van der Waals surface area contributed by atoms with Crippen LogP contribution in [0, 0.1) is 0 Å². The van der Waals surface area contributed by atoms with Crippen molar-refractivity contribution in [2.24, 2.45) is 0 Å². The van der Waals surface area contributed by atoms with Crippen molar-refractivity contribution in [2.75, 3.05) is 19.6 Å². The number of pyridine rings is 1. The first-order valence-electron chi connectivity index (χ1n) is 7.74. The molecule has 110 valence electrons. The van der Waals surface area contributed by atoms with Crippen LogP contribution in [-0.2, 0) is 0 Å². The molecule has 3 heterocycles. The molecule has 2 aromatic rings. The molecule has 2 fully saturated rings. The van der Waals surface area contributed by atoms with Crippen LogP contribution in [0.1, 0.15) is 36.0 Å². The van der Waals surface area contributed by atoms with E-state index in [1.807, 2.05) is 28.9 Å². The molecule has 0 radical (unpaired) electrons. The van der Waals surface area contributed by atoms with Gasteiger partial charge in [-0.05, 0) is 44.4 Å². The highest BCUT2D eigenvalue weighted by Crippen LogP contribution is 2.41. The Morgan fingerprint density at radius 1 is 1.24 bits per heavy atom. The lowest BCUT2D eigenvalue weighted by Crippen LogP contribution is -2.56. The lowest BCUT2D eigenvalue weighted by Gasteiger charge is -2.49. The molecule has 1 N–H and O–H groups in total. The molecule has 5 nitrogen and oxygen atoms in total. The van der Waals surface area contributed by atoms with Crippen LogP contribution in [0.3, 0.4) is 0 Å². The number of hydrogen-bond acceptors (Lipinski definition) is 3. The zero-order valence-electron chi connectivity index (χ0n) is 12.1. The number of carbonyl (C=O) groups is 1. The Hall–Kier alpha value is -1.88. The van der Waals surface area contributed by atoms with Crippen molar-refractivity contribution in [3.05, 3.63) is 36.3 Å². The first-order valence-corrected chi connectivity index (χ1v) is 7.74. The zero-order valence-corrected chi connectivity index (χ0v) is 12.1. The quantitative estimate of drug-likeness (QED) is 0.867. The van der Waals surface area contributed by atoms with Gasteiger partial charge in [-0.15, -0.1) is 0 Å². The van der Waals surface area contributed by atoms with Crippen molar-refractivity contribution in [2.45, 2.75) is 31.2 Å². The maximum atomic E-state index is 13.0. The topological polar surface area (TPSA) is 49.6 Å². The van der Waals surface area contributed by atoms with Gasteiger partial charge in [-0.3, -0.25) is 4.79 Å². The van der Waals surface area contributed by atoms with E-state index in [9.17, 15) is 4.79 Å². The maximum Gasteiger partial charge on any atom is 0.255 e. The fraction of sp³-hybridized carbons (Fsp3) is 0.500. The Kier molecular flexibility index (Phi) is 2.96. The van der Waals surface area contributed by atoms with Gasteiger partial charge in [-0.1, -0.05) is 0 Å². The van der Waals surface area contributed by atoms with Gasteiger partial charge in [-0.25, -0.2) is 4.98 Å². The molecule has 1 spiro atoms. The number of nitrogens with zero attached hydrogens (tertiary/aromatic N) is 3. The van der Waals surface area contributed by atoms with E-state index in [1.165, 1.54) is 6.42 Å². The van der Waals surface area contributed by atoms with E-state index in [0.29, 0.717) is 0 Å². The maximum absolute atomic E-state index is 13.0. The Morgan fingerprint density at radius 2 is 2.14 bits per heavy atom. The summed E-state index contributed by atoms with van der Waals surface area (Å²) in [4.78, 5) is 19.3. The summed E-state index contributed by atoms with van der Waals surface area (Å²) >= 11 is 0. The molecule has 4 rings (SSSR count). The second-order valence-electron chi connectivity index (χ2n) is 6.15. The summed E-state index contributed by atoms with van der Waals surface area (Å²) in [5, 5.41) is 3.42. The van der Waals surface area contributed by atoms with Crippen LogP contribution < -0.4 is 5.32 Å². The second-order valence-corrected chi connectivity index (χ2v) is 6.15. The number of nitrogens with one attached hydrogen (secondary N) is 1. The summed E-state index contributed by atoms with van der Waals surface area (Å²) in [5.41, 5.74) is 1.74. The van der Waals surface area contributed by atoms with Crippen LogP contribution in [-0.4, -0.2) is 45.4 Å². The molecule has 2 aromatic heterocycles. The number of fused-ring (bicyclic) bond motifs is 1.